The molecule has 0 radical (unpaired) electrons. The summed E-state index contributed by atoms with van der Waals surface area (Å²) in [6, 6.07) is -1.15. The number of nitrogens with zero attached hydrogens (tertiary/aromatic N) is 1. The van der Waals surface area contributed by atoms with Crippen LogP contribution in [0.2, 0.25) is 0 Å². The van der Waals surface area contributed by atoms with Gasteiger partial charge in [0.25, 0.3) is 0 Å². The lowest BCUT2D eigenvalue weighted by atomic mass is 10.2. The Hall–Kier alpha value is -1.30. The zero-order chi connectivity index (χ0) is 12.3. The van der Waals surface area contributed by atoms with Crippen LogP contribution in [0.3, 0.4) is 0 Å². The molecule has 1 saturated carbocycles. The predicted octanol–water partition coefficient (Wildman–Crippen LogP) is 0.281. The number of hydrogen-bond donors (Lipinski definition) is 2. The van der Waals surface area contributed by atoms with Crippen LogP contribution in [0.5, 0.6) is 0 Å². The van der Waals surface area contributed by atoms with E-state index in [1.54, 1.807) is 0 Å². The molecule has 1 saturated heterocycles. The first-order valence-electron chi connectivity index (χ1n) is 6.03. The topological polar surface area (TPSA) is 78.9 Å². The van der Waals surface area contributed by atoms with Crippen molar-refractivity contribution in [2.75, 3.05) is 26.3 Å². The van der Waals surface area contributed by atoms with E-state index in [0.717, 1.165) is 12.3 Å². The molecule has 2 N–H and O–H groups in total. The van der Waals surface area contributed by atoms with Crippen molar-refractivity contribution in [3.8, 4) is 0 Å². The van der Waals surface area contributed by atoms with E-state index < -0.39 is 12.0 Å². The normalized spacial score (nSPS) is 24.5. The van der Waals surface area contributed by atoms with E-state index >= 15 is 0 Å². The van der Waals surface area contributed by atoms with Gasteiger partial charge in [0, 0.05) is 13.1 Å². The maximum Gasteiger partial charge on any atom is 0.328 e. The fraction of sp³-hybridized carbons (Fsp3) is 0.818. The Morgan fingerprint density at radius 1 is 1.41 bits per heavy atom. The smallest absolute Gasteiger partial charge is 0.328 e. The van der Waals surface area contributed by atoms with Gasteiger partial charge >= 0.3 is 12.0 Å². The zero-order valence-electron chi connectivity index (χ0n) is 9.72. The Labute approximate surface area is 99.9 Å². The molecule has 96 valence electrons. The summed E-state index contributed by atoms with van der Waals surface area (Å²) in [5.41, 5.74) is 0. The van der Waals surface area contributed by atoms with Crippen molar-refractivity contribution < 1.29 is 19.4 Å². The van der Waals surface area contributed by atoms with Gasteiger partial charge in [-0.3, -0.25) is 0 Å². The summed E-state index contributed by atoms with van der Waals surface area (Å²) in [5.74, 6) is -0.252. The monoisotopic (exact) mass is 242 g/mol. The number of carbonyl (C=O) groups is 2. The van der Waals surface area contributed by atoms with Gasteiger partial charge in [-0.25, -0.2) is 9.59 Å². The molecule has 1 unspecified atom stereocenters. The van der Waals surface area contributed by atoms with Crippen LogP contribution in [-0.4, -0.2) is 54.4 Å². The molecular formula is C11H18N2O4. The highest BCUT2D eigenvalue weighted by Crippen LogP contribution is 2.31. The molecule has 1 atom stereocenters. The molecule has 0 aromatic heterocycles. The van der Waals surface area contributed by atoms with E-state index in [0.29, 0.717) is 19.7 Å². The number of hydrogen-bond acceptors (Lipinski definition) is 3. The Bertz CT molecular complexity index is 304. The number of aliphatic carboxylic acids is 1. The summed E-state index contributed by atoms with van der Waals surface area (Å²) < 4.78 is 5.07. The maximum atomic E-state index is 11.8. The van der Waals surface area contributed by atoms with Gasteiger partial charge in [0.15, 0.2) is 6.04 Å². The summed E-state index contributed by atoms with van der Waals surface area (Å²) in [6.45, 7) is 1.45. The minimum absolute atomic E-state index is 0.0748. The quantitative estimate of drug-likeness (QED) is 0.742. The number of morpholine rings is 1. The zero-order valence-corrected chi connectivity index (χ0v) is 9.72. The van der Waals surface area contributed by atoms with Gasteiger partial charge in [-0.1, -0.05) is 12.8 Å². The third kappa shape index (κ3) is 3.33. The summed E-state index contributed by atoms with van der Waals surface area (Å²) in [7, 11) is 0. The minimum atomic E-state index is -1.01. The molecule has 2 fully saturated rings. The van der Waals surface area contributed by atoms with Gasteiger partial charge in [-0.05, 0) is 12.3 Å². The van der Waals surface area contributed by atoms with Crippen molar-refractivity contribution in [2.45, 2.75) is 25.3 Å². The standard InChI is InChI=1S/C11H18N2O4/c14-10(15)9-7-17-6-5-13(9)11(16)12-4-3-8-1-2-8/h8-9H,1-7H2,(H,12,16)(H,14,15). The number of carboxylic acids is 1. The van der Waals surface area contributed by atoms with Crippen LogP contribution < -0.4 is 5.32 Å². The van der Waals surface area contributed by atoms with Gasteiger partial charge in [-0.2, -0.15) is 0 Å². The number of urea groups is 1. The molecule has 1 aliphatic carbocycles. The van der Waals surface area contributed by atoms with Crippen molar-refractivity contribution in [3.05, 3.63) is 0 Å². The number of ether oxygens (including phenoxy) is 1. The van der Waals surface area contributed by atoms with Crippen LogP contribution in [0.4, 0.5) is 4.79 Å². The summed E-state index contributed by atoms with van der Waals surface area (Å²) in [6.07, 6.45) is 3.50. The SMILES string of the molecule is O=C(O)C1COCCN1C(=O)NCCC1CC1. The average Bonchev–Trinajstić information content (AvgIpc) is 3.13. The molecule has 2 amide bonds. The number of carbonyl (C=O) groups excluding carboxylic acids is 1. The highest BCUT2D eigenvalue weighted by atomic mass is 16.5. The predicted molar refractivity (Wildman–Crippen MR) is 59.7 cm³/mol. The number of nitrogens with one attached hydrogen (secondary N) is 1. The van der Waals surface area contributed by atoms with Crippen molar-refractivity contribution in [3.63, 3.8) is 0 Å². The average molecular weight is 242 g/mol. The molecule has 2 aliphatic rings. The first-order valence-corrected chi connectivity index (χ1v) is 6.03. The largest absolute Gasteiger partial charge is 0.480 e. The van der Waals surface area contributed by atoms with Crippen LogP contribution in [0, 0.1) is 5.92 Å². The van der Waals surface area contributed by atoms with Crippen LogP contribution >= 0.6 is 0 Å². The highest BCUT2D eigenvalue weighted by Gasteiger charge is 2.32. The lowest BCUT2D eigenvalue weighted by Crippen LogP contribution is -2.55. The Kier molecular flexibility index (Phi) is 3.83. The van der Waals surface area contributed by atoms with E-state index in [9.17, 15) is 9.59 Å². The summed E-state index contributed by atoms with van der Waals surface area (Å²) in [4.78, 5) is 24.1. The van der Waals surface area contributed by atoms with Gasteiger partial charge in [-0.15, -0.1) is 0 Å². The Balaban J connectivity index is 1.79. The van der Waals surface area contributed by atoms with Crippen LogP contribution in [-0.2, 0) is 9.53 Å². The Morgan fingerprint density at radius 2 is 2.18 bits per heavy atom. The Morgan fingerprint density at radius 3 is 2.82 bits per heavy atom. The van der Waals surface area contributed by atoms with E-state index in [1.807, 2.05) is 0 Å². The van der Waals surface area contributed by atoms with E-state index in [1.165, 1.54) is 17.7 Å². The molecule has 0 bridgehead atoms. The van der Waals surface area contributed by atoms with Gasteiger partial charge in [0.2, 0.25) is 0 Å². The molecule has 0 aromatic carbocycles. The second kappa shape index (κ2) is 5.35. The van der Waals surface area contributed by atoms with Crippen molar-refractivity contribution in [2.24, 2.45) is 5.92 Å². The molecule has 17 heavy (non-hydrogen) atoms. The maximum absolute atomic E-state index is 11.8. The second-order valence-corrected chi connectivity index (χ2v) is 4.59. The fourth-order valence-corrected chi connectivity index (χ4v) is 1.94. The number of amides is 2. The first-order chi connectivity index (χ1) is 8.18. The van der Waals surface area contributed by atoms with Gasteiger partial charge in [0.05, 0.1) is 13.2 Å². The molecule has 0 spiro atoms. The lowest BCUT2D eigenvalue weighted by Gasteiger charge is -2.32. The van der Waals surface area contributed by atoms with E-state index in [-0.39, 0.29) is 12.6 Å². The van der Waals surface area contributed by atoms with Crippen LogP contribution in [0.25, 0.3) is 0 Å². The first kappa shape index (κ1) is 12.2. The lowest BCUT2D eigenvalue weighted by molar-refractivity contribution is -0.147. The van der Waals surface area contributed by atoms with Gasteiger partial charge in [0.1, 0.15) is 0 Å². The van der Waals surface area contributed by atoms with E-state index in [2.05, 4.69) is 5.32 Å². The molecule has 2 rings (SSSR count). The van der Waals surface area contributed by atoms with Crippen molar-refractivity contribution in [1.29, 1.82) is 0 Å². The number of carboxylic acid groups (broad SMARTS) is 1. The minimum Gasteiger partial charge on any atom is -0.480 e. The second-order valence-electron chi connectivity index (χ2n) is 4.59. The summed E-state index contributed by atoms with van der Waals surface area (Å²) in [5, 5.41) is 11.8. The molecule has 1 aliphatic heterocycles. The highest BCUT2D eigenvalue weighted by molar-refractivity contribution is 5.82. The van der Waals surface area contributed by atoms with E-state index in [4.69, 9.17) is 9.84 Å². The molecular weight excluding hydrogens is 224 g/mol. The van der Waals surface area contributed by atoms with Crippen LogP contribution in [0.15, 0.2) is 0 Å². The number of rotatable bonds is 4. The van der Waals surface area contributed by atoms with Crippen molar-refractivity contribution >= 4 is 12.0 Å². The molecule has 1 heterocycles. The third-order valence-electron chi connectivity index (χ3n) is 3.20. The molecule has 0 aromatic rings. The van der Waals surface area contributed by atoms with Crippen LogP contribution in [0.1, 0.15) is 19.3 Å². The molecule has 6 nitrogen and oxygen atoms in total. The fourth-order valence-electron chi connectivity index (χ4n) is 1.94. The van der Waals surface area contributed by atoms with Crippen molar-refractivity contribution in [1.82, 2.24) is 10.2 Å². The molecule has 6 heteroatoms. The summed E-state index contributed by atoms with van der Waals surface area (Å²) >= 11 is 0. The van der Waals surface area contributed by atoms with Gasteiger partial charge < -0.3 is 20.1 Å². The third-order valence-corrected chi connectivity index (χ3v) is 3.20.